The van der Waals surface area contributed by atoms with Crippen molar-refractivity contribution in [3.8, 4) is 5.75 Å². The number of rotatable bonds is 4. The highest BCUT2D eigenvalue weighted by molar-refractivity contribution is 5.61. The molecule has 0 radical (unpaired) electrons. The van der Waals surface area contributed by atoms with Crippen molar-refractivity contribution in [3.63, 3.8) is 0 Å². The van der Waals surface area contributed by atoms with Crippen LogP contribution in [0.25, 0.3) is 0 Å². The van der Waals surface area contributed by atoms with E-state index in [4.69, 9.17) is 10.5 Å². The first-order valence-corrected chi connectivity index (χ1v) is 6.27. The largest absolute Gasteiger partial charge is 0.495 e. The monoisotopic (exact) mass is 234 g/mol. The van der Waals surface area contributed by atoms with Gasteiger partial charge in [0.1, 0.15) is 5.75 Å². The summed E-state index contributed by atoms with van der Waals surface area (Å²) < 4.78 is 5.44. The van der Waals surface area contributed by atoms with Crippen LogP contribution in [-0.2, 0) is 6.54 Å². The van der Waals surface area contributed by atoms with Crippen LogP contribution < -0.4 is 15.4 Å². The topological polar surface area (TPSA) is 38.5 Å². The van der Waals surface area contributed by atoms with E-state index >= 15 is 0 Å². The first-order valence-electron chi connectivity index (χ1n) is 6.27. The Bertz CT molecular complexity index is 384. The van der Waals surface area contributed by atoms with Crippen molar-refractivity contribution >= 4 is 5.69 Å². The van der Waals surface area contributed by atoms with Gasteiger partial charge >= 0.3 is 0 Å². The summed E-state index contributed by atoms with van der Waals surface area (Å²) >= 11 is 0. The summed E-state index contributed by atoms with van der Waals surface area (Å²) in [4.78, 5) is 2.38. The SMILES string of the molecule is COc1cc(CN)ccc1N1CC(C(C)C)C1. The number of benzene rings is 1. The van der Waals surface area contributed by atoms with Crippen LogP contribution in [-0.4, -0.2) is 20.2 Å². The van der Waals surface area contributed by atoms with Gasteiger partial charge < -0.3 is 15.4 Å². The molecule has 1 aliphatic rings. The number of ether oxygens (including phenoxy) is 1. The molecule has 1 fully saturated rings. The highest BCUT2D eigenvalue weighted by Gasteiger charge is 2.30. The minimum atomic E-state index is 0.561. The maximum absolute atomic E-state index is 5.64. The number of nitrogens with zero attached hydrogens (tertiary/aromatic N) is 1. The van der Waals surface area contributed by atoms with Crippen molar-refractivity contribution in [3.05, 3.63) is 23.8 Å². The lowest BCUT2D eigenvalue weighted by Crippen LogP contribution is -2.49. The van der Waals surface area contributed by atoms with E-state index in [0.29, 0.717) is 6.54 Å². The Morgan fingerprint density at radius 2 is 2.12 bits per heavy atom. The molecule has 1 saturated heterocycles. The predicted molar refractivity (Wildman–Crippen MR) is 71.4 cm³/mol. The highest BCUT2D eigenvalue weighted by atomic mass is 16.5. The molecule has 3 heteroatoms. The van der Waals surface area contributed by atoms with Gasteiger partial charge in [-0.15, -0.1) is 0 Å². The normalized spacial score (nSPS) is 16.2. The summed E-state index contributed by atoms with van der Waals surface area (Å²) in [6.45, 7) is 7.41. The van der Waals surface area contributed by atoms with Crippen LogP contribution in [0.4, 0.5) is 5.69 Å². The summed E-state index contributed by atoms with van der Waals surface area (Å²) in [5, 5.41) is 0. The Balaban J connectivity index is 2.12. The van der Waals surface area contributed by atoms with E-state index in [9.17, 15) is 0 Å². The second kappa shape index (κ2) is 4.96. The van der Waals surface area contributed by atoms with Gasteiger partial charge in [0.05, 0.1) is 12.8 Å². The summed E-state index contributed by atoms with van der Waals surface area (Å²) in [5.41, 5.74) is 7.95. The molecule has 1 aliphatic heterocycles. The van der Waals surface area contributed by atoms with Crippen molar-refractivity contribution < 1.29 is 4.74 Å². The zero-order valence-corrected chi connectivity index (χ0v) is 10.9. The number of hydrogen-bond acceptors (Lipinski definition) is 3. The van der Waals surface area contributed by atoms with Crippen LogP contribution in [0, 0.1) is 11.8 Å². The van der Waals surface area contributed by atoms with Gasteiger partial charge in [0.15, 0.2) is 0 Å². The fourth-order valence-corrected chi connectivity index (χ4v) is 2.24. The molecule has 0 saturated carbocycles. The average Bonchev–Trinajstić information content (AvgIpc) is 2.27. The number of anilines is 1. The Kier molecular flexibility index (Phi) is 3.57. The van der Waals surface area contributed by atoms with E-state index < -0.39 is 0 Å². The molecule has 3 nitrogen and oxygen atoms in total. The molecule has 0 aromatic heterocycles. The Labute approximate surface area is 104 Å². The van der Waals surface area contributed by atoms with Crippen molar-refractivity contribution in [1.82, 2.24) is 0 Å². The molecule has 94 valence electrons. The highest BCUT2D eigenvalue weighted by Crippen LogP contribution is 2.35. The van der Waals surface area contributed by atoms with Gasteiger partial charge in [-0.2, -0.15) is 0 Å². The third-order valence-corrected chi connectivity index (χ3v) is 3.67. The standard InChI is InChI=1S/C14H22N2O/c1-10(2)12-8-16(9-12)13-5-4-11(7-15)6-14(13)17-3/h4-6,10,12H,7-9,15H2,1-3H3. The van der Waals surface area contributed by atoms with Gasteiger partial charge in [0.25, 0.3) is 0 Å². The molecular weight excluding hydrogens is 212 g/mol. The molecule has 2 rings (SSSR count). The molecule has 0 atom stereocenters. The fraction of sp³-hybridized carbons (Fsp3) is 0.571. The van der Waals surface area contributed by atoms with Crippen LogP contribution in [0.2, 0.25) is 0 Å². The molecule has 0 bridgehead atoms. The van der Waals surface area contributed by atoms with Crippen molar-refractivity contribution in [1.29, 1.82) is 0 Å². The summed E-state index contributed by atoms with van der Waals surface area (Å²) in [6.07, 6.45) is 0. The van der Waals surface area contributed by atoms with Crippen LogP contribution in [0.5, 0.6) is 5.75 Å². The molecule has 1 aromatic rings. The number of nitrogens with two attached hydrogens (primary N) is 1. The molecule has 1 aromatic carbocycles. The minimum absolute atomic E-state index is 0.561. The Morgan fingerprint density at radius 1 is 1.41 bits per heavy atom. The van der Waals surface area contributed by atoms with E-state index in [1.54, 1.807) is 7.11 Å². The third-order valence-electron chi connectivity index (χ3n) is 3.67. The zero-order chi connectivity index (χ0) is 12.4. The van der Waals surface area contributed by atoms with E-state index in [-0.39, 0.29) is 0 Å². The summed E-state index contributed by atoms with van der Waals surface area (Å²) in [7, 11) is 1.72. The quantitative estimate of drug-likeness (QED) is 0.868. The summed E-state index contributed by atoms with van der Waals surface area (Å²) in [6, 6.07) is 6.25. The van der Waals surface area contributed by atoms with E-state index in [2.05, 4.69) is 30.9 Å². The first kappa shape index (κ1) is 12.2. The molecule has 1 heterocycles. The van der Waals surface area contributed by atoms with E-state index in [0.717, 1.165) is 36.2 Å². The van der Waals surface area contributed by atoms with Crippen LogP contribution in [0.15, 0.2) is 18.2 Å². The molecule has 2 N–H and O–H groups in total. The van der Waals surface area contributed by atoms with Gasteiger partial charge in [-0.25, -0.2) is 0 Å². The maximum Gasteiger partial charge on any atom is 0.142 e. The van der Waals surface area contributed by atoms with Gasteiger partial charge in [-0.3, -0.25) is 0 Å². The smallest absolute Gasteiger partial charge is 0.142 e. The van der Waals surface area contributed by atoms with Crippen molar-refractivity contribution in [2.45, 2.75) is 20.4 Å². The molecule has 0 amide bonds. The molecule has 0 spiro atoms. The van der Waals surface area contributed by atoms with Gasteiger partial charge in [0, 0.05) is 19.6 Å². The lowest BCUT2D eigenvalue weighted by molar-refractivity contribution is 0.306. The predicted octanol–water partition coefficient (Wildman–Crippen LogP) is 2.25. The third kappa shape index (κ3) is 2.39. The number of methoxy groups -OCH3 is 1. The molecule has 0 unspecified atom stereocenters. The molecule has 17 heavy (non-hydrogen) atoms. The van der Waals surface area contributed by atoms with Gasteiger partial charge in [-0.1, -0.05) is 19.9 Å². The second-order valence-corrected chi connectivity index (χ2v) is 5.12. The van der Waals surface area contributed by atoms with Gasteiger partial charge in [0.2, 0.25) is 0 Å². The Morgan fingerprint density at radius 3 is 2.65 bits per heavy atom. The maximum atomic E-state index is 5.64. The van der Waals surface area contributed by atoms with Gasteiger partial charge in [-0.05, 0) is 29.5 Å². The first-order chi connectivity index (χ1) is 8.15. The number of hydrogen-bond donors (Lipinski definition) is 1. The average molecular weight is 234 g/mol. The van der Waals surface area contributed by atoms with E-state index in [1.165, 1.54) is 5.69 Å². The zero-order valence-electron chi connectivity index (χ0n) is 10.9. The summed E-state index contributed by atoms with van der Waals surface area (Å²) in [5.74, 6) is 2.52. The van der Waals surface area contributed by atoms with Crippen molar-refractivity contribution in [2.24, 2.45) is 17.6 Å². The molecule has 0 aliphatic carbocycles. The molecular formula is C14H22N2O. The van der Waals surface area contributed by atoms with E-state index in [1.807, 2.05) is 6.07 Å². The lowest BCUT2D eigenvalue weighted by Gasteiger charge is -2.43. The second-order valence-electron chi connectivity index (χ2n) is 5.12. The van der Waals surface area contributed by atoms with Crippen molar-refractivity contribution in [2.75, 3.05) is 25.1 Å². The lowest BCUT2D eigenvalue weighted by atomic mass is 9.88. The van der Waals surface area contributed by atoms with Crippen LogP contribution in [0.3, 0.4) is 0 Å². The van der Waals surface area contributed by atoms with Crippen LogP contribution in [0.1, 0.15) is 19.4 Å². The van der Waals surface area contributed by atoms with Crippen LogP contribution >= 0.6 is 0 Å². The Hall–Kier alpha value is -1.22. The minimum Gasteiger partial charge on any atom is -0.495 e. The fourth-order valence-electron chi connectivity index (χ4n) is 2.24.